The molecule has 0 heterocycles. The lowest BCUT2D eigenvalue weighted by Gasteiger charge is -2.17. The number of nitrogens with zero attached hydrogens (tertiary/aromatic N) is 1. The Morgan fingerprint density at radius 3 is 2.36 bits per heavy atom. The topological polar surface area (TPSA) is 61.4 Å². The molecule has 0 aliphatic rings. The predicted molar refractivity (Wildman–Crippen MR) is 54.8 cm³/mol. The predicted octanol–water partition coefficient (Wildman–Crippen LogP) is -0.811. The first-order valence-corrected chi connectivity index (χ1v) is 4.64. The molecule has 0 aliphatic carbocycles. The Hall–Kier alpha value is -1.10. The fourth-order valence-corrected chi connectivity index (χ4v) is 1.00. The summed E-state index contributed by atoms with van der Waals surface area (Å²) in [4.78, 5) is 23.7. The van der Waals surface area contributed by atoms with Gasteiger partial charge in [-0.3, -0.25) is 9.59 Å². The van der Waals surface area contributed by atoms with Crippen molar-refractivity contribution in [2.75, 3.05) is 27.7 Å². The zero-order valence-corrected chi connectivity index (χ0v) is 9.26. The Bertz CT molecular complexity index is 204. The summed E-state index contributed by atoms with van der Waals surface area (Å²) in [5.41, 5.74) is 0. The van der Waals surface area contributed by atoms with Gasteiger partial charge in [0.15, 0.2) is 0 Å². The summed E-state index contributed by atoms with van der Waals surface area (Å²) in [5.74, 6) is -0.0103. The minimum Gasteiger partial charge on any atom is -0.359 e. The lowest BCUT2D eigenvalue weighted by Crippen LogP contribution is -2.42. The summed E-state index contributed by atoms with van der Waals surface area (Å²) in [7, 11) is 5.01. The molecule has 1 unspecified atom stereocenters. The van der Waals surface area contributed by atoms with Gasteiger partial charge in [-0.15, -0.1) is 0 Å². The molecule has 5 heteroatoms. The fourth-order valence-electron chi connectivity index (χ4n) is 1.00. The molecular weight excluding hydrogens is 182 g/mol. The van der Waals surface area contributed by atoms with Crippen LogP contribution in [0.3, 0.4) is 0 Å². The molecule has 0 aromatic carbocycles. The lowest BCUT2D eigenvalue weighted by atomic mass is 10.3. The zero-order valence-electron chi connectivity index (χ0n) is 9.26. The van der Waals surface area contributed by atoms with E-state index in [2.05, 4.69) is 10.6 Å². The molecule has 0 spiro atoms. The van der Waals surface area contributed by atoms with Gasteiger partial charge in [-0.1, -0.05) is 0 Å². The average molecular weight is 201 g/mol. The van der Waals surface area contributed by atoms with Gasteiger partial charge in [-0.25, -0.2) is 0 Å². The summed E-state index contributed by atoms with van der Waals surface area (Å²) >= 11 is 0. The van der Waals surface area contributed by atoms with Crippen molar-refractivity contribution in [3.8, 4) is 0 Å². The molecule has 0 aliphatic heterocycles. The summed E-state index contributed by atoms with van der Waals surface area (Å²) in [6.45, 7) is 2.30. The van der Waals surface area contributed by atoms with E-state index in [-0.39, 0.29) is 17.9 Å². The molecule has 0 fully saturated rings. The van der Waals surface area contributed by atoms with E-state index in [0.717, 1.165) is 0 Å². The molecule has 82 valence electrons. The van der Waals surface area contributed by atoms with E-state index in [0.29, 0.717) is 13.0 Å². The van der Waals surface area contributed by atoms with Crippen LogP contribution in [-0.4, -0.2) is 50.4 Å². The first kappa shape index (κ1) is 12.9. The maximum absolute atomic E-state index is 11.4. The van der Waals surface area contributed by atoms with E-state index in [1.54, 1.807) is 28.1 Å². The number of amides is 2. The number of nitrogens with one attached hydrogen (secondary N) is 2. The van der Waals surface area contributed by atoms with Crippen molar-refractivity contribution in [1.82, 2.24) is 15.5 Å². The van der Waals surface area contributed by atoms with Crippen molar-refractivity contribution in [2.45, 2.75) is 19.4 Å². The van der Waals surface area contributed by atoms with Gasteiger partial charge >= 0.3 is 0 Å². The molecule has 0 saturated heterocycles. The molecule has 0 bridgehead atoms. The SMILES string of the molecule is CNC(=O)CCNC(C)C(=O)N(C)C. The van der Waals surface area contributed by atoms with Crippen LogP contribution < -0.4 is 10.6 Å². The van der Waals surface area contributed by atoms with Gasteiger partial charge in [-0.05, 0) is 6.92 Å². The van der Waals surface area contributed by atoms with Gasteiger partial charge in [-0.2, -0.15) is 0 Å². The highest BCUT2D eigenvalue weighted by Crippen LogP contribution is 1.88. The minimum absolute atomic E-state index is 0.0157. The van der Waals surface area contributed by atoms with Gasteiger partial charge < -0.3 is 15.5 Å². The average Bonchev–Trinajstić information content (AvgIpc) is 2.15. The monoisotopic (exact) mass is 201 g/mol. The van der Waals surface area contributed by atoms with E-state index in [4.69, 9.17) is 0 Å². The van der Waals surface area contributed by atoms with Crippen molar-refractivity contribution < 1.29 is 9.59 Å². The second-order valence-corrected chi connectivity index (χ2v) is 3.33. The first-order valence-electron chi connectivity index (χ1n) is 4.64. The molecule has 2 N–H and O–H groups in total. The Morgan fingerprint density at radius 2 is 1.93 bits per heavy atom. The molecule has 0 aromatic heterocycles. The van der Waals surface area contributed by atoms with Crippen LogP contribution in [-0.2, 0) is 9.59 Å². The molecule has 0 rings (SSSR count). The minimum atomic E-state index is -0.241. The van der Waals surface area contributed by atoms with Gasteiger partial charge in [0.1, 0.15) is 0 Å². The van der Waals surface area contributed by atoms with E-state index < -0.39 is 0 Å². The number of hydrogen-bond donors (Lipinski definition) is 2. The number of rotatable bonds is 5. The number of hydrogen-bond acceptors (Lipinski definition) is 3. The van der Waals surface area contributed by atoms with E-state index >= 15 is 0 Å². The Labute approximate surface area is 84.8 Å². The van der Waals surface area contributed by atoms with Crippen LogP contribution in [0.25, 0.3) is 0 Å². The maximum atomic E-state index is 11.4. The summed E-state index contributed by atoms with van der Waals surface area (Å²) in [5, 5.41) is 5.49. The van der Waals surface area contributed by atoms with Gasteiger partial charge in [0.05, 0.1) is 6.04 Å². The highest BCUT2D eigenvalue weighted by atomic mass is 16.2. The van der Waals surface area contributed by atoms with Gasteiger partial charge in [0, 0.05) is 34.1 Å². The van der Waals surface area contributed by atoms with Crippen molar-refractivity contribution in [3.05, 3.63) is 0 Å². The van der Waals surface area contributed by atoms with Crippen LogP contribution in [0.15, 0.2) is 0 Å². The number of carbonyl (C=O) groups is 2. The van der Waals surface area contributed by atoms with Crippen molar-refractivity contribution in [1.29, 1.82) is 0 Å². The second-order valence-electron chi connectivity index (χ2n) is 3.33. The van der Waals surface area contributed by atoms with Crippen molar-refractivity contribution in [2.24, 2.45) is 0 Å². The molecule has 0 radical (unpaired) electrons. The molecule has 5 nitrogen and oxygen atoms in total. The first-order chi connectivity index (χ1) is 6.49. The lowest BCUT2D eigenvalue weighted by molar-refractivity contribution is -0.130. The quantitative estimate of drug-likeness (QED) is 0.611. The number of likely N-dealkylation sites (N-methyl/N-ethyl adjacent to an activating group) is 1. The third-order valence-electron chi connectivity index (χ3n) is 1.89. The van der Waals surface area contributed by atoms with Crippen LogP contribution in [0.1, 0.15) is 13.3 Å². The molecular formula is C9H19N3O2. The zero-order chi connectivity index (χ0) is 11.1. The van der Waals surface area contributed by atoms with E-state index in [9.17, 15) is 9.59 Å². The highest BCUT2D eigenvalue weighted by Gasteiger charge is 2.13. The van der Waals surface area contributed by atoms with Crippen LogP contribution in [0.4, 0.5) is 0 Å². The standard InChI is InChI=1S/C9H19N3O2/c1-7(9(14)12(3)4)11-6-5-8(13)10-2/h7,11H,5-6H2,1-4H3,(H,10,13). The third-order valence-corrected chi connectivity index (χ3v) is 1.89. The molecule has 0 aromatic rings. The molecule has 2 amide bonds. The second kappa shape index (κ2) is 6.37. The number of carbonyl (C=O) groups excluding carboxylic acids is 2. The third kappa shape index (κ3) is 4.81. The Morgan fingerprint density at radius 1 is 1.36 bits per heavy atom. The molecule has 0 saturated carbocycles. The van der Waals surface area contributed by atoms with Gasteiger partial charge in [0.25, 0.3) is 0 Å². The van der Waals surface area contributed by atoms with Crippen molar-refractivity contribution >= 4 is 11.8 Å². The maximum Gasteiger partial charge on any atom is 0.238 e. The summed E-state index contributed by atoms with van der Waals surface area (Å²) in [6.07, 6.45) is 0.390. The highest BCUT2D eigenvalue weighted by molar-refractivity contribution is 5.81. The Kier molecular flexibility index (Phi) is 5.87. The molecule has 1 atom stereocenters. The van der Waals surface area contributed by atoms with E-state index in [1.165, 1.54) is 4.90 Å². The van der Waals surface area contributed by atoms with Crippen LogP contribution in [0.5, 0.6) is 0 Å². The van der Waals surface area contributed by atoms with E-state index in [1.807, 2.05) is 0 Å². The van der Waals surface area contributed by atoms with Crippen LogP contribution in [0, 0.1) is 0 Å². The largest absolute Gasteiger partial charge is 0.359 e. The molecule has 14 heavy (non-hydrogen) atoms. The normalized spacial score (nSPS) is 12.0. The fraction of sp³-hybridized carbons (Fsp3) is 0.778. The summed E-state index contributed by atoms with van der Waals surface area (Å²) in [6, 6.07) is -0.241. The smallest absolute Gasteiger partial charge is 0.238 e. The van der Waals surface area contributed by atoms with Gasteiger partial charge in [0.2, 0.25) is 11.8 Å². The summed E-state index contributed by atoms with van der Waals surface area (Å²) < 4.78 is 0. The Balaban J connectivity index is 3.69. The van der Waals surface area contributed by atoms with Crippen LogP contribution in [0.2, 0.25) is 0 Å². The van der Waals surface area contributed by atoms with Crippen LogP contribution >= 0.6 is 0 Å². The van der Waals surface area contributed by atoms with Crippen molar-refractivity contribution in [3.63, 3.8) is 0 Å².